The van der Waals surface area contributed by atoms with E-state index in [2.05, 4.69) is 27.4 Å². The van der Waals surface area contributed by atoms with Gasteiger partial charge in [-0.2, -0.15) is 13.2 Å². The molecule has 1 aliphatic heterocycles. The van der Waals surface area contributed by atoms with E-state index >= 15 is 0 Å². The topological polar surface area (TPSA) is 60.5 Å². The Morgan fingerprint density at radius 1 is 0.897 bits per heavy atom. The van der Waals surface area contributed by atoms with E-state index in [1.165, 1.54) is 12.1 Å². The molecule has 0 atom stereocenters. The van der Waals surface area contributed by atoms with Crippen LogP contribution in [0.1, 0.15) is 18.1 Å². The summed E-state index contributed by atoms with van der Waals surface area (Å²) in [6.45, 7) is 6.39. The van der Waals surface area contributed by atoms with Gasteiger partial charge in [0, 0.05) is 61.9 Å². The van der Waals surface area contributed by atoms with E-state index in [9.17, 15) is 18.0 Å². The molecule has 0 unspecified atom stereocenters. The van der Waals surface area contributed by atoms with Gasteiger partial charge in [-0.25, -0.2) is 4.79 Å². The number of rotatable bonds is 6. The number of piperazine rings is 1. The predicted octanol–water partition coefficient (Wildman–Crippen LogP) is 6.70. The summed E-state index contributed by atoms with van der Waals surface area (Å²) >= 11 is 0. The number of likely N-dealkylation sites (N-methyl/N-ethyl adjacent to an activating group) is 1. The summed E-state index contributed by atoms with van der Waals surface area (Å²) < 4.78 is 41.7. The molecule has 0 spiro atoms. The highest BCUT2D eigenvalue weighted by molar-refractivity contribution is 6.00. The standard InChI is InChI=1S/C30H30F3N5O/c1-2-37-14-16-38(17-15-37)20-23-8-11-25(18-28(23)30(31,32)33)36-29(39)35-24-9-6-21(7-10-24)26-5-3-4-22-19-34-13-12-27(22)26/h3-13,18-19H,2,14-17,20H2,1H3,(H2,35,36,39). The number of fused-ring (bicyclic) bond motifs is 1. The molecule has 4 aromatic rings. The van der Waals surface area contributed by atoms with Crippen molar-refractivity contribution in [3.05, 3.63) is 90.3 Å². The molecule has 5 rings (SSSR count). The Kier molecular flexibility index (Phi) is 7.81. The van der Waals surface area contributed by atoms with Gasteiger partial charge in [-0.1, -0.05) is 43.3 Å². The van der Waals surface area contributed by atoms with Crippen LogP contribution in [0.25, 0.3) is 21.9 Å². The minimum atomic E-state index is -4.53. The van der Waals surface area contributed by atoms with E-state index < -0.39 is 17.8 Å². The van der Waals surface area contributed by atoms with Gasteiger partial charge in [0.2, 0.25) is 0 Å². The van der Waals surface area contributed by atoms with Gasteiger partial charge in [-0.05, 0) is 59.0 Å². The van der Waals surface area contributed by atoms with Gasteiger partial charge in [0.25, 0.3) is 0 Å². The highest BCUT2D eigenvalue weighted by Gasteiger charge is 2.34. The summed E-state index contributed by atoms with van der Waals surface area (Å²) in [5.41, 5.74) is 2.10. The zero-order chi connectivity index (χ0) is 27.4. The van der Waals surface area contributed by atoms with Crippen molar-refractivity contribution in [3.8, 4) is 11.1 Å². The van der Waals surface area contributed by atoms with Gasteiger partial charge in [-0.15, -0.1) is 0 Å². The van der Waals surface area contributed by atoms with E-state index in [4.69, 9.17) is 0 Å². The molecule has 202 valence electrons. The number of anilines is 2. The first-order chi connectivity index (χ1) is 18.8. The molecule has 3 aromatic carbocycles. The second-order valence-electron chi connectivity index (χ2n) is 9.64. The number of aromatic nitrogens is 1. The van der Waals surface area contributed by atoms with Crippen molar-refractivity contribution in [1.82, 2.24) is 14.8 Å². The maximum absolute atomic E-state index is 13.9. The predicted molar refractivity (Wildman–Crippen MR) is 149 cm³/mol. The van der Waals surface area contributed by atoms with Crippen LogP contribution in [0.2, 0.25) is 0 Å². The minimum Gasteiger partial charge on any atom is -0.308 e. The Hall–Kier alpha value is -3.95. The molecule has 9 heteroatoms. The van der Waals surface area contributed by atoms with E-state index in [1.54, 1.807) is 18.3 Å². The summed E-state index contributed by atoms with van der Waals surface area (Å²) in [5.74, 6) is 0. The number of carbonyl (C=O) groups excluding carboxylic acids is 1. The van der Waals surface area contributed by atoms with Crippen LogP contribution in [0.5, 0.6) is 0 Å². The zero-order valence-corrected chi connectivity index (χ0v) is 21.6. The highest BCUT2D eigenvalue weighted by Crippen LogP contribution is 2.35. The number of carbonyl (C=O) groups is 1. The van der Waals surface area contributed by atoms with Gasteiger partial charge >= 0.3 is 12.2 Å². The van der Waals surface area contributed by atoms with E-state index in [0.29, 0.717) is 5.69 Å². The fourth-order valence-electron chi connectivity index (χ4n) is 4.96. The number of benzene rings is 3. The average molecular weight is 534 g/mol. The van der Waals surface area contributed by atoms with Crippen molar-refractivity contribution in [2.24, 2.45) is 0 Å². The van der Waals surface area contributed by atoms with Crippen LogP contribution >= 0.6 is 0 Å². The Morgan fingerprint density at radius 3 is 2.31 bits per heavy atom. The zero-order valence-electron chi connectivity index (χ0n) is 21.6. The number of hydrogen-bond acceptors (Lipinski definition) is 4. The lowest BCUT2D eigenvalue weighted by Crippen LogP contribution is -2.45. The van der Waals surface area contributed by atoms with Crippen molar-refractivity contribution >= 4 is 28.2 Å². The van der Waals surface area contributed by atoms with Gasteiger partial charge in [0.15, 0.2) is 0 Å². The van der Waals surface area contributed by atoms with Crippen LogP contribution < -0.4 is 10.6 Å². The Morgan fingerprint density at radius 2 is 1.59 bits per heavy atom. The Balaban J connectivity index is 1.25. The number of alkyl halides is 3. The molecule has 2 amide bonds. The van der Waals surface area contributed by atoms with Crippen LogP contribution in [0.3, 0.4) is 0 Å². The summed E-state index contributed by atoms with van der Waals surface area (Å²) in [6, 6.07) is 18.6. The van der Waals surface area contributed by atoms with Crippen molar-refractivity contribution in [2.45, 2.75) is 19.6 Å². The van der Waals surface area contributed by atoms with E-state index in [1.807, 2.05) is 47.5 Å². The third-order valence-corrected chi connectivity index (χ3v) is 7.11. The van der Waals surface area contributed by atoms with Gasteiger partial charge in [0.05, 0.1) is 5.56 Å². The summed E-state index contributed by atoms with van der Waals surface area (Å²) in [6.07, 6.45) is -0.970. The summed E-state index contributed by atoms with van der Waals surface area (Å²) in [5, 5.41) is 7.34. The molecule has 1 saturated heterocycles. The number of urea groups is 1. The lowest BCUT2D eigenvalue weighted by atomic mass is 9.99. The normalized spacial score (nSPS) is 14.9. The molecular weight excluding hydrogens is 503 g/mol. The maximum Gasteiger partial charge on any atom is 0.416 e. The number of amides is 2. The van der Waals surface area contributed by atoms with Crippen molar-refractivity contribution in [1.29, 1.82) is 0 Å². The lowest BCUT2D eigenvalue weighted by molar-refractivity contribution is -0.138. The molecule has 0 saturated carbocycles. The maximum atomic E-state index is 13.9. The van der Waals surface area contributed by atoms with E-state index in [-0.39, 0.29) is 17.8 Å². The molecule has 6 nitrogen and oxygen atoms in total. The smallest absolute Gasteiger partial charge is 0.308 e. The van der Waals surface area contributed by atoms with Crippen LogP contribution in [0.4, 0.5) is 29.3 Å². The van der Waals surface area contributed by atoms with Crippen molar-refractivity contribution in [2.75, 3.05) is 43.4 Å². The third kappa shape index (κ3) is 6.38. The third-order valence-electron chi connectivity index (χ3n) is 7.11. The second kappa shape index (κ2) is 11.4. The SMILES string of the molecule is CCN1CCN(Cc2ccc(NC(=O)Nc3ccc(-c4cccc5cnccc45)cc3)cc2C(F)(F)F)CC1. The molecule has 1 aliphatic rings. The number of halogens is 3. The quantitative estimate of drug-likeness (QED) is 0.290. The highest BCUT2D eigenvalue weighted by atomic mass is 19.4. The minimum absolute atomic E-state index is 0.0837. The number of pyridine rings is 1. The van der Waals surface area contributed by atoms with Crippen LogP contribution in [0, 0.1) is 0 Å². The van der Waals surface area contributed by atoms with Crippen LogP contribution in [0.15, 0.2) is 79.1 Å². The number of nitrogens with zero attached hydrogens (tertiary/aromatic N) is 3. The molecule has 1 fully saturated rings. The molecule has 39 heavy (non-hydrogen) atoms. The van der Waals surface area contributed by atoms with E-state index in [0.717, 1.165) is 60.7 Å². The fraction of sp³-hybridized carbons (Fsp3) is 0.267. The summed E-state index contributed by atoms with van der Waals surface area (Å²) in [7, 11) is 0. The van der Waals surface area contributed by atoms with Crippen LogP contribution in [-0.2, 0) is 12.7 Å². The first-order valence-electron chi connectivity index (χ1n) is 13.0. The van der Waals surface area contributed by atoms with Gasteiger partial charge < -0.3 is 15.5 Å². The molecule has 0 bridgehead atoms. The number of hydrogen-bond donors (Lipinski definition) is 2. The first-order valence-corrected chi connectivity index (χ1v) is 13.0. The van der Waals surface area contributed by atoms with Gasteiger partial charge in [-0.3, -0.25) is 9.88 Å². The first kappa shape index (κ1) is 26.6. The largest absolute Gasteiger partial charge is 0.416 e. The molecular formula is C30H30F3N5O. The average Bonchev–Trinajstić information content (AvgIpc) is 2.94. The Labute approximate surface area is 225 Å². The van der Waals surface area contributed by atoms with Crippen molar-refractivity contribution in [3.63, 3.8) is 0 Å². The molecule has 0 radical (unpaired) electrons. The molecule has 0 aliphatic carbocycles. The Bertz CT molecular complexity index is 1440. The van der Waals surface area contributed by atoms with Crippen LogP contribution in [-0.4, -0.2) is 53.5 Å². The monoisotopic (exact) mass is 533 g/mol. The molecule has 2 N–H and O–H groups in total. The van der Waals surface area contributed by atoms with Gasteiger partial charge in [0.1, 0.15) is 0 Å². The lowest BCUT2D eigenvalue weighted by Gasteiger charge is -2.34. The number of nitrogens with one attached hydrogen (secondary N) is 2. The second-order valence-corrected chi connectivity index (χ2v) is 9.64. The van der Waals surface area contributed by atoms with Crippen molar-refractivity contribution < 1.29 is 18.0 Å². The summed E-state index contributed by atoms with van der Waals surface area (Å²) in [4.78, 5) is 21.1. The molecule has 2 heterocycles. The fourth-order valence-corrected chi connectivity index (χ4v) is 4.96. The molecule has 1 aromatic heterocycles.